The van der Waals surface area contributed by atoms with Crippen LogP contribution in [0.5, 0.6) is 0 Å². The van der Waals surface area contributed by atoms with E-state index in [0.717, 1.165) is 16.4 Å². The highest BCUT2D eigenvalue weighted by atomic mass is 35.5. The molecule has 0 unspecified atom stereocenters. The van der Waals surface area contributed by atoms with Crippen molar-refractivity contribution in [2.24, 2.45) is 0 Å². The van der Waals surface area contributed by atoms with E-state index in [1.165, 1.54) is 0 Å². The molecule has 1 rings (SSSR count). The summed E-state index contributed by atoms with van der Waals surface area (Å²) in [6.07, 6.45) is 0.163. The van der Waals surface area contributed by atoms with Gasteiger partial charge in [-0.25, -0.2) is 0 Å². The lowest BCUT2D eigenvalue weighted by molar-refractivity contribution is -0.137. The monoisotopic (exact) mass is 275 g/mol. The molecule has 1 aromatic rings. The predicted octanol–water partition coefficient (Wildman–Crippen LogP) is 3.48. The van der Waals surface area contributed by atoms with E-state index < -0.39 is 5.97 Å². The van der Waals surface area contributed by atoms with Gasteiger partial charge in [0.05, 0.1) is 11.4 Å². The zero-order chi connectivity index (χ0) is 13.1. The van der Waals surface area contributed by atoms with Crippen molar-refractivity contribution in [3.8, 4) is 0 Å². The summed E-state index contributed by atoms with van der Waals surface area (Å²) in [5.41, 5.74) is -0.0497. The number of hydrogen-bond acceptors (Lipinski definition) is 3. The molecule has 17 heavy (non-hydrogen) atoms. The van der Waals surface area contributed by atoms with Gasteiger partial charge in [-0.05, 0) is 26.8 Å². The van der Waals surface area contributed by atoms with Crippen molar-refractivity contribution < 1.29 is 9.90 Å². The van der Waals surface area contributed by atoms with Crippen LogP contribution in [0, 0.1) is 0 Å². The van der Waals surface area contributed by atoms with Crippen LogP contribution in [0.3, 0.4) is 0 Å². The van der Waals surface area contributed by atoms with Gasteiger partial charge in [-0.1, -0.05) is 11.6 Å². The molecular formula is C12H18ClNO2S. The van der Waals surface area contributed by atoms with Crippen molar-refractivity contribution in [1.82, 2.24) is 4.90 Å². The topological polar surface area (TPSA) is 40.5 Å². The molecule has 1 N–H and O–H groups in total. The normalized spacial score (nSPS) is 12.1. The second kappa shape index (κ2) is 5.85. The van der Waals surface area contributed by atoms with Gasteiger partial charge >= 0.3 is 5.97 Å². The maximum absolute atomic E-state index is 10.6. The van der Waals surface area contributed by atoms with Crippen molar-refractivity contribution in [1.29, 1.82) is 0 Å². The standard InChI is InChI=1S/C12H18ClNO2S/c1-12(2,3)14(5-4-11(15)16)7-10-6-9(13)8-17-10/h6,8H,4-5,7H2,1-3H3,(H,15,16). The fourth-order valence-corrected chi connectivity index (χ4v) is 2.59. The van der Waals surface area contributed by atoms with E-state index in [2.05, 4.69) is 25.7 Å². The van der Waals surface area contributed by atoms with Gasteiger partial charge in [0.25, 0.3) is 0 Å². The lowest BCUT2D eigenvalue weighted by Gasteiger charge is -2.35. The van der Waals surface area contributed by atoms with Gasteiger partial charge in [0.15, 0.2) is 0 Å². The number of hydrogen-bond donors (Lipinski definition) is 1. The van der Waals surface area contributed by atoms with Crippen LogP contribution in [-0.2, 0) is 11.3 Å². The number of carboxylic acid groups (broad SMARTS) is 1. The number of rotatable bonds is 5. The lowest BCUT2D eigenvalue weighted by atomic mass is 10.1. The first-order valence-corrected chi connectivity index (χ1v) is 6.74. The van der Waals surface area contributed by atoms with Crippen LogP contribution in [-0.4, -0.2) is 28.1 Å². The van der Waals surface area contributed by atoms with Gasteiger partial charge < -0.3 is 5.11 Å². The Morgan fingerprint density at radius 2 is 2.18 bits per heavy atom. The second-order valence-electron chi connectivity index (χ2n) is 4.97. The van der Waals surface area contributed by atoms with E-state index in [4.69, 9.17) is 16.7 Å². The van der Waals surface area contributed by atoms with Gasteiger partial charge in [-0.15, -0.1) is 11.3 Å². The van der Waals surface area contributed by atoms with Crippen LogP contribution < -0.4 is 0 Å². The molecule has 0 radical (unpaired) electrons. The fraction of sp³-hybridized carbons (Fsp3) is 0.583. The molecular weight excluding hydrogens is 258 g/mol. The highest BCUT2D eigenvalue weighted by molar-refractivity contribution is 7.10. The van der Waals surface area contributed by atoms with Crippen LogP contribution in [0.4, 0.5) is 0 Å². The van der Waals surface area contributed by atoms with E-state index in [1.807, 2.05) is 11.4 Å². The number of nitrogens with zero attached hydrogens (tertiary/aromatic N) is 1. The zero-order valence-electron chi connectivity index (χ0n) is 10.4. The Bertz CT molecular complexity index is 384. The zero-order valence-corrected chi connectivity index (χ0v) is 11.9. The van der Waals surface area contributed by atoms with Gasteiger partial charge in [0.1, 0.15) is 0 Å². The summed E-state index contributed by atoms with van der Waals surface area (Å²) in [6, 6.07) is 1.94. The smallest absolute Gasteiger partial charge is 0.304 e. The largest absolute Gasteiger partial charge is 0.481 e. The molecule has 0 bridgehead atoms. The van der Waals surface area contributed by atoms with Crippen molar-refractivity contribution >= 4 is 28.9 Å². The molecule has 0 aliphatic carbocycles. The molecule has 0 amide bonds. The van der Waals surface area contributed by atoms with Crippen LogP contribution in [0.2, 0.25) is 5.02 Å². The summed E-state index contributed by atoms with van der Waals surface area (Å²) >= 11 is 7.49. The van der Waals surface area contributed by atoms with E-state index >= 15 is 0 Å². The predicted molar refractivity (Wildman–Crippen MR) is 71.7 cm³/mol. The number of carboxylic acids is 1. The maximum Gasteiger partial charge on any atom is 0.304 e. The Balaban J connectivity index is 2.67. The lowest BCUT2D eigenvalue weighted by Crippen LogP contribution is -2.41. The fourth-order valence-electron chi connectivity index (χ4n) is 1.51. The van der Waals surface area contributed by atoms with Gasteiger partial charge in [-0.3, -0.25) is 9.69 Å². The van der Waals surface area contributed by atoms with Crippen molar-refractivity contribution in [3.63, 3.8) is 0 Å². The Labute approximate surface area is 111 Å². The molecule has 0 aliphatic rings. The molecule has 0 fully saturated rings. The molecule has 0 spiro atoms. The van der Waals surface area contributed by atoms with Crippen LogP contribution >= 0.6 is 22.9 Å². The number of carbonyl (C=O) groups is 1. The Morgan fingerprint density at radius 1 is 1.53 bits per heavy atom. The van der Waals surface area contributed by atoms with Crippen molar-refractivity contribution in [3.05, 3.63) is 21.3 Å². The second-order valence-corrected chi connectivity index (χ2v) is 6.40. The molecule has 1 heterocycles. The minimum Gasteiger partial charge on any atom is -0.481 e. The molecule has 1 aromatic heterocycles. The molecule has 96 valence electrons. The summed E-state index contributed by atoms with van der Waals surface area (Å²) < 4.78 is 0. The number of thiophene rings is 1. The van der Waals surface area contributed by atoms with Gasteiger partial charge in [0.2, 0.25) is 0 Å². The third-order valence-electron chi connectivity index (χ3n) is 2.51. The summed E-state index contributed by atoms with van der Waals surface area (Å²) in [5.74, 6) is -0.761. The molecule has 3 nitrogen and oxygen atoms in total. The number of halogens is 1. The Kier molecular flexibility index (Phi) is 4.98. The summed E-state index contributed by atoms with van der Waals surface area (Å²) in [7, 11) is 0. The first kappa shape index (κ1) is 14.5. The Hall–Kier alpha value is -0.580. The molecule has 0 saturated carbocycles. The van der Waals surface area contributed by atoms with Crippen LogP contribution in [0.15, 0.2) is 11.4 Å². The van der Waals surface area contributed by atoms with Crippen LogP contribution in [0.25, 0.3) is 0 Å². The summed E-state index contributed by atoms with van der Waals surface area (Å²) in [5, 5.41) is 11.4. The van der Waals surface area contributed by atoms with E-state index in [9.17, 15) is 4.79 Å². The van der Waals surface area contributed by atoms with Crippen molar-refractivity contribution in [2.45, 2.75) is 39.3 Å². The van der Waals surface area contributed by atoms with E-state index in [1.54, 1.807) is 11.3 Å². The highest BCUT2D eigenvalue weighted by Gasteiger charge is 2.22. The average Bonchev–Trinajstić information content (AvgIpc) is 2.56. The SMILES string of the molecule is CC(C)(C)N(CCC(=O)O)Cc1cc(Cl)cs1. The van der Waals surface area contributed by atoms with E-state index in [-0.39, 0.29) is 12.0 Å². The van der Waals surface area contributed by atoms with E-state index in [0.29, 0.717) is 6.54 Å². The maximum atomic E-state index is 10.6. The summed E-state index contributed by atoms with van der Waals surface area (Å²) in [4.78, 5) is 14.0. The first-order chi connectivity index (χ1) is 7.79. The van der Waals surface area contributed by atoms with Crippen molar-refractivity contribution in [2.75, 3.05) is 6.54 Å². The third-order valence-corrected chi connectivity index (χ3v) is 3.78. The molecule has 0 aromatic carbocycles. The summed E-state index contributed by atoms with van der Waals surface area (Å²) in [6.45, 7) is 7.56. The average molecular weight is 276 g/mol. The molecule has 5 heteroatoms. The van der Waals surface area contributed by atoms with Gasteiger partial charge in [-0.2, -0.15) is 0 Å². The first-order valence-electron chi connectivity index (χ1n) is 5.49. The van der Waals surface area contributed by atoms with Crippen LogP contribution in [0.1, 0.15) is 32.1 Å². The molecule has 0 atom stereocenters. The molecule has 0 aliphatic heterocycles. The minimum atomic E-state index is -0.761. The highest BCUT2D eigenvalue weighted by Crippen LogP contribution is 2.24. The number of aliphatic carboxylic acids is 1. The van der Waals surface area contributed by atoms with Gasteiger partial charge in [0, 0.05) is 28.9 Å². The quantitative estimate of drug-likeness (QED) is 0.894. The molecule has 0 saturated heterocycles. The Morgan fingerprint density at radius 3 is 2.59 bits per heavy atom. The third kappa shape index (κ3) is 5.06. The minimum absolute atomic E-state index is 0.0497.